The highest BCUT2D eigenvalue weighted by Gasteiger charge is 2.14. The molecule has 0 radical (unpaired) electrons. The van der Waals surface area contributed by atoms with Crippen LogP contribution in [0.5, 0.6) is 0 Å². The monoisotopic (exact) mass is 212 g/mol. The Balaban J connectivity index is 2.02. The van der Waals surface area contributed by atoms with E-state index >= 15 is 0 Å². The highest BCUT2D eigenvalue weighted by atomic mass is 16.5. The fourth-order valence-corrected chi connectivity index (χ4v) is 1.44. The number of hydrogen-bond acceptors (Lipinski definition) is 2. The molecular weight excluding hydrogens is 200 g/mol. The molecule has 2 rings (SSSR count). The minimum absolute atomic E-state index is 0.257. The molecule has 0 spiro atoms. The van der Waals surface area contributed by atoms with Crippen molar-refractivity contribution in [1.29, 1.82) is 0 Å². The lowest BCUT2D eigenvalue weighted by atomic mass is 10.1. The summed E-state index contributed by atoms with van der Waals surface area (Å²) in [5, 5.41) is 0. The maximum Gasteiger partial charge on any atom is 0.339 e. The number of hydrogen-bond donors (Lipinski definition) is 0. The number of benzene rings is 1. The fraction of sp³-hybridized carbons (Fsp3) is 0.0714. The van der Waals surface area contributed by atoms with E-state index in [2.05, 4.69) is 6.58 Å². The fourth-order valence-electron chi connectivity index (χ4n) is 1.44. The minimum Gasteiger partial charge on any atom is -0.450 e. The van der Waals surface area contributed by atoms with Crippen LogP contribution in [0.1, 0.15) is 5.56 Å². The zero-order valence-corrected chi connectivity index (χ0v) is 8.80. The molecule has 16 heavy (non-hydrogen) atoms. The van der Waals surface area contributed by atoms with Crippen molar-refractivity contribution in [3.63, 3.8) is 0 Å². The Morgan fingerprint density at radius 2 is 1.75 bits per heavy atom. The lowest BCUT2D eigenvalue weighted by Gasteiger charge is -2.10. The molecule has 0 fully saturated rings. The first-order chi connectivity index (χ1) is 7.77. The van der Waals surface area contributed by atoms with Crippen molar-refractivity contribution in [3.05, 3.63) is 66.8 Å². The minimum atomic E-state index is -0.382. The van der Waals surface area contributed by atoms with Crippen molar-refractivity contribution >= 4 is 11.5 Å². The molecule has 0 saturated carbocycles. The molecule has 0 atom stereocenters. The maximum atomic E-state index is 11.7. The van der Waals surface area contributed by atoms with Crippen molar-refractivity contribution in [1.82, 2.24) is 0 Å². The Morgan fingerprint density at radius 3 is 2.38 bits per heavy atom. The van der Waals surface area contributed by atoms with Crippen LogP contribution in [0.25, 0.3) is 5.57 Å². The summed E-state index contributed by atoms with van der Waals surface area (Å²) in [7, 11) is 0. The summed E-state index contributed by atoms with van der Waals surface area (Å²) in [4.78, 5) is 11.7. The van der Waals surface area contributed by atoms with Gasteiger partial charge in [0, 0.05) is 0 Å². The third kappa shape index (κ3) is 2.28. The van der Waals surface area contributed by atoms with Crippen LogP contribution >= 0.6 is 0 Å². The first-order valence-electron chi connectivity index (χ1n) is 5.07. The highest BCUT2D eigenvalue weighted by Crippen LogP contribution is 2.15. The van der Waals surface area contributed by atoms with Gasteiger partial charge in [-0.2, -0.15) is 0 Å². The molecule has 1 aromatic rings. The summed E-state index contributed by atoms with van der Waals surface area (Å²) in [6.45, 7) is 3.74. The largest absolute Gasteiger partial charge is 0.450 e. The molecule has 0 N–H and O–H groups in total. The number of ether oxygens (including phenoxy) is 1. The normalized spacial score (nSPS) is 14.0. The van der Waals surface area contributed by atoms with E-state index in [1.54, 1.807) is 0 Å². The summed E-state index contributed by atoms with van der Waals surface area (Å²) >= 11 is 0. The molecular formula is C14H12O2. The Kier molecular flexibility index (Phi) is 3.01. The average molecular weight is 212 g/mol. The predicted molar refractivity (Wildman–Crippen MR) is 63.6 cm³/mol. The van der Waals surface area contributed by atoms with Crippen LogP contribution in [-0.4, -0.2) is 12.1 Å². The standard InChI is InChI=1S/C14H12O2/c1-11(12-7-3-2-4-8-12)14(15)16-13-9-5-6-10-13/h2-10,13H,1H2. The molecule has 0 amide bonds. The Bertz CT molecular complexity index is 443. The number of esters is 1. The van der Waals surface area contributed by atoms with Crippen molar-refractivity contribution in [3.8, 4) is 0 Å². The lowest BCUT2D eigenvalue weighted by Crippen LogP contribution is -2.13. The first-order valence-corrected chi connectivity index (χ1v) is 5.07. The van der Waals surface area contributed by atoms with Gasteiger partial charge in [0.1, 0.15) is 6.10 Å². The van der Waals surface area contributed by atoms with Gasteiger partial charge in [0.15, 0.2) is 0 Å². The SMILES string of the molecule is C=C(C(=O)OC1C=CC=C1)c1ccccc1. The molecule has 80 valence electrons. The molecule has 0 aromatic heterocycles. The van der Waals surface area contributed by atoms with Crippen molar-refractivity contribution in [2.45, 2.75) is 6.10 Å². The van der Waals surface area contributed by atoms with Gasteiger partial charge in [-0.3, -0.25) is 0 Å². The van der Waals surface area contributed by atoms with E-state index in [-0.39, 0.29) is 12.1 Å². The molecule has 0 bridgehead atoms. The average Bonchev–Trinajstić information content (AvgIpc) is 2.82. The third-order valence-electron chi connectivity index (χ3n) is 2.32. The molecule has 2 heteroatoms. The van der Waals surface area contributed by atoms with E-state index in [0.717, 1.165) is 5.56 Å². The number of carbonyl (C=O) groups excluding carboxylic acids is 1. The van der Waals surface area contributed by atoms with E-state index in [4.69, 9.17) is 4.74 Å². The quantitative estimate of drug-likeness (QED) is 0.569. The van der Waals surface area contributed by atoms with Crippen LogP contribution in [0.3, 0.4) is 0 Å². The van der Waals surface area contributed by atoms with E-state index in [9.17, 15) is 4.79 Å². The molecule has 1 aromatic carbocycles. The van der Waals surface area contributed by atoms with Crippen LogP contribution in [0.4, 0.5) is 0 Å². The molecule has 0 aliphatic heterocycles. The highest BCUT2D eigenvalue weighted by molar-refractivity contribution is 6.15. The topological polar surface area (TPSA) is 26.3 Å². The van der Waals surface area contributed by atoms with Gasteiger partial charge in [-0.05, 0) is 17.7 Å². The van der Waals surface area contributed by atoms with Crippen molar-refractivity contribution in [2.75, 3.05) is 0 Å². The predicted octanol–water partition coefficient (Wildman–Crippen LogP) is 2.74. The number of carbonyl (C=O) groups is 1. The zero-order valence-electron chi connectivity index (χ0n) is 8.80. The smallest absolute Gasteiger partial charge is 0.339 e. The Labute approximate surface area is 94.6 Å². The van der Waals surface area contributed by atoms with Crippen LogP contribution in [0.2, 0.25) is 0 Å². The number of rotatable bonds is 3. The molecule has 1 aliphatic rings. The van der Waals surface area contributed by atoms with E-state index < -0.39 is 0 Å². The van der Waals surface area contributed by atoms with Crippen molar-refractivity contribution < 1.29 is 9.53 Å². The summed E-state index contributed by atoms with van der Waals surface area (Å²) < 4.78 is 5.22. The van der Waals surface area contributed by atoms with Gasteiger partial charge >= 0.3 is 5.97 Å². The Morgan fingerprint density at radius 1 is 1.12 bits per heavy atom. The van der Waals surface area contributed by atoms with Gasteiger partial charge in [-0.1, -0.05) is 49.1 Å². The van der Waals surface area contributed by atoms with Gasteiger partial charge in [0.05, 0.1) is 5.57 Å². The summed E-state index contributed by atoms with van der Waals surface area (Å²) in [5.41, 5.74) is 1.17. The second kappa shape index (κ2) is 4.62. The first kappa shape index (κ1) is 10.4. The summed E-state index contributed by atoms with van der Waals surface area (Å²) in [6, 6.07) is 9.30. The molecule has 1 aliphatic carbocycles. The number of allylic oxidation sites excluding steroid dienone is 2. The van der Waals surface area contributed by atoms with E-state index in [1.807, 2.05) is 54.6 Å². The van der Waals surface area contributed by atoms with Crippen molar-refractivity contribution in [2.24, 2.45) is 0 Å². The van der Waals surface area contributed by atoms with E-state index in [1.165, 1.54) is 0 Å². The zero-order chi connectivity index (χ0) is 11.4. The van der Waals surface area contributed by atoms with Crippen LogP contribution in [0, 0.1) is 0 Å². The molecule has 0 heterocycles. The summed E-state index contributed by atoms with van der Waals surface area (Å²) in [6.07, 6.45) is 7.08. The molecule has 0 unspecified atom stereocenters. The van der Waals surface area contributed by atoms with Gasteiger partial charge in [0.2, 0.25) is 0 Å². The molecule has 0 saturated heterocycles. The van der Waals surface area contributed by atoms with Gasteiger partial charge in [0.25, 0.3) is 0 Å². The third-order valence-corrected chi connectivity index (χ3v) is 2.32. The van der Waals surface area contributed by atoms with E-state index in [0.29, 0.717) is 5.57 Å². The van der Waals surface area contributed by atoms with Crippen LogP contribution in [0.15, 0.2) is 61.2 Å². The second-order valence-corrected chi connectivity index (χ2v) is 3.48. The maximum absolute atomic E-state index is 11.7. The van der Waals surface area contributed by atoms with Crippen LogP contribution < -0.4 is 0 Å². The molecule has 2 nitrogen and oxygen atoms in total. The summed E-state index contributed by atoms with van der Waals surface area (Å²) in [5.74, 6) is -0.382. The van der Waals surface area contributed by atoms with Gasteiger partial charge in [-0.15, -0.1) is 0 Å². The second-order valence-electron chi connectivity index (χ2n) is 3.48. The Hall–Kier alpha value is -2.09. The lowest BCUT2D eigenvalue weighted by molar-refractivity contribution is -0.137. The van der Waals surface area contributed by atoms with Gasteiger partial charge in [-0.25, -0.2) is 4.79 Å². The van der Waals surface area contributed by atoms with Gasteiger partial charge < -0.3 is 4.74 Å². The van der Waals surface area contributed by atoms with Crippen LogP contribution in [-0.2, 0) is 9.53 Å².